The number of amides is 1. The van der Waals surface area contributed by atoms with Gasteiger partial charge in [0.25, 0.3) is 5.91 Å². The molecule has 178 valence electrons. The van der Waals surface area contributed by atoms with Crippen LogP contribution in [0.5, 0.6) is 11.5 Å². The van der Waals surface area contributed by atoms with E-state index in [1.807, 2.05) is 30.5 Å². The summed E-state index contributed by atoms with van der Waals surface area (Å²) in [5.74, 6) is -0.0197. The second-order valence-corrected chi connectivity index (χ2v) is 8.97. The zero-order valence-corrected chi connectivity index (χ0v) is 19.1. The molecular weight excluding hydrogens is 469 g/mol. The Kier molecular flexibility index (Phi) is 5.51. The molecule has 1 atom stereocenters. The first-order valence-electron chi connectivity index (χ1n) is 10.9. The minimum absolute atomic E-state index is 0.158. The van der Waals surface area contributed by atoms with Gasteiger partial charge in [-0.25, -0.2) is 0 Å². The molecule has 1 amide bonds. The van der Waals surface area contributed by atoms with Crippen molar-refractivity contribution in [2.45, 2.75) is 31.0 Å². The number of carbonyl (C=O) groups is 1. The van der Waals surface area contributed by atoms with Gasteiger partial charge in [0.1, 0.15) is 11.5 Å². The lowest BCUT2D eigenvalue weighted by atomic mass is 9.89. The molecule has 0 radical (unpaired) electrons. The molecular formula is C25H22ClF3N2O3. The number of halogens is 4. The highest BCUT2D eigenvalue weighted by Crippen LogP contribution is 2.46. The van der Waals surface area contributed by atoms with Gasteiger partial charge in [-0.1, -0.05) is 11.6 Å². The van der Waals surface area contributed by atoms with E-state index in [9.17, 15) is 18.0 Å². The van der Waals surface area contributed by atoms with Crippen LogP contribution in [0.2, 0.25) is 5.02 Å². The Labute approximate surface area is 199 Å². The summed E-state index contributed by atoms with van der Waals surface area (Å²) in [7, 11) is 1.16. The van der Waals surface area contributed by atoms with Crippen LogP contribution < -0.4 is 9.47 Å². The van der Waals surface area contributed by atoms with Gasteiger partial charge >= 0.3 is 6.18 Å². The molecule has 2 aliphatic heterocycles. The van der Waals surface area contributed by atoms with Crippen molar-refractivity contribution in [3.05, 3.63) is 76.6 Å². The Morgan fingerprint density at radius 1 is 1.12 bits per heavy atom. The topological polar surface area (TPSA) is 43.7 Å². The first kappa shape index (κ1) is 22.7. The number of methoxy groups -OCH3 is 1. The maximum atomic E-state index is 13.2. The Bertz CT molecular complexity index is 1260. The number of hydrogen-bond donors (Lipinski definition) is 0. The van der Waals surface area contributed by atoms with E-state index in [0.29, 0.717) is 43.1 Å². The summed E-state index contributed by atoms with van der Waals surface area (Å²) in [6.45, 7) is 0.861. The van der Waals surface area contributed by atoms with Gasteiger partial charge in [-0.05, 0) is 55.3 Å². The van der Waals surface area contributed by atoms with Crippen molar-refractivity contribution in [1.82, 2.24) is 9.47 Å². The number of alkyl halides is 3. The average Bonchev–Trinajstić information content (AvgIpc) is 3.21. The molecule has 1 aromatic heterocycles. The number of ether oxygens (including phenoxy) is 2. The van der Waals surface area contributed by atoms with E-state index in [1.165, 1.54) is 6.07 Å². The minimum Gasteiger partial charge on any atom is -0.496 e. The smallest absolute Gasteiger partial charge is 0.419 e. The molecule has 0 saturated carbocycles. The van der Waals surface area contributed by atoms with Crippen LogP contribution in [-0.2, 0) is 11.8 Å². The summed E-state index contributed by atoms with van der Waals surface area (Å²) < 4.78 is 53.2. The van der Waals surface area contributed by atoms with E-state index in [-0.39, 0.29) is 17.2 Å². The van der Waals surface area contributed by atoms with Crippen molar-refractivity contribution in [2.75, 3.05) is 20.2 Å². The molecule has 0 N–H and O–H groups in total. The number of rotatable bonds is 2. The quantitative estimate of drug-likeness (QED) is 0.438. The van der Waals surface area contributed by atoms with E-state index in [1.54, 1.807) is 11.0 Å². The van der Waals surface area contributed by atoms with Crippen molar-refractivity contribution in [3.8, 4) is 17.2 Å². The minimum atomic E-state index is -4.56. The van der Waals surface area contributed by atoms with Crippen LogP contribution in [0.15, 0.2) is 54.7 Å². The van der Waals surface area contributed by atoms with Gasteiger partial charge in [0.2, 0.25) is 0 Å². The first-order chi connectivity index (χ1) is 16.2. The lowest BCUT2D eigenvalue weighted by Crippen LogP contribution is -2.40. The van der Waals surface area contributed by atoms with Crippen molar-refractivity contribution in [2.24, 2.45) is 0 Å². The van der Waals surface area contributed by atoms with Crippen LogP contribution in [-0.4, -0.2) is 35.6 Å². The summed E-state index contributed by atoms with van der Waals surface area (Å²) in [4.78, 5) is 14.9. The molecule has 1 spiro atoms. The van der Waals surface area contributed by atoms with E-state index in [4.69, 9.17) is 21.1 Å². The molecule has 2 aromatic carbocycles. The van der Waals surface area contributed by atoms with Gasteiger partial charge in [0, 0.05) is 42.4 Å². The lowest BCUT2D eigenvalue weighted by molar-refractivity contribution is -0.138. The predicted molar refractivity (Wildman–Crippen MR) is 121 cm³/mol. The van der Waals surface area contributed by atoms with Crippen molar-refractivity contribution in [3.63, 3.8) is 0 Å². The Balaban J connectivity index is 1.41. The van der Waals surface area contributed by atoms with Crippen LogP contribution in [0.25, 0.3) is 5.69 Å². The highest BCUT2D eigenvalue weighted by Gasteiger charge is 2.43. The molecule has 3 heterocycles. The highest BCUT2D eigenvalue weighted by atomic mass is 35.5. The van der Waals surface area contributed by atoms with E-state index < -0.39 is 17.3 Å². The second kappa shape index (κ2) is 8.27. The van der Waals surface area contributed by atoms with Gasteiger partial charge in [-0.15, -0.1) is 0 Å². The molecule has 2 aliphatic rings. The normalized spacial score (nSPS) is 19.7. The third-order valence-corrected chi connectivity index (χ3v) is 6.77. The Hall–Kier alpha value is -3.13. The summed E-state index contributed by atoms with van der Waals surface area (Å²) in [6, 6.07) is 12.8. The van der Waals surface area contributed by atoms with Crippen LogP contribution in [0.4, 0.5) is 13.2 Å². The van der Waals surface area contributed by atoms with Gasteiger partial charge in [0.15, 0.2) is 5.60 Å². The fraction of sp³-hybridized carbons (Fsp3) is 0.320. The zero-order valence-electron chi connectivity index (χ0n) is 18.4. The predicted octanol–water partition coefficient (Wildman–Crippen LogP) is 6.07. The highest BCUT2D eigenvalue weighted by molar-refractivity contribution is 6.30. The molecule has 9 heteroatoms. The largest absolute Gasteiger partial charge is 0.496 e. The zero-order chi connectivity index (χ0) is 24.1. The molecule has 5 rings (SSSR count). The molecule has 3 aromatic rings. The van der Waals surface area contributed by atoms with Crippen molar-refractivity contribution in [1.29, 1.82) is 0 Å². The monoisotopic (exact) mass is 490 g/mol. The van der Waals surface area contributed by atoms with Crippen LogP contribution in [0.3, 0.4) is 0 Å². The SMILES string of the molecule is COc1cc(C(=O)N2CCCC3(CC2)Oc2cc(Cl)ccc2-n2cccc23)ccc1C(F)(F)F. The molecule has 1 fully saturated rings. The first-order valence-corrected chi connectivity index (χ1v) is 11.3. The van der Waals surface area contributed by atoms with Gasteiger partial charge in [0.05, 0.1) is 24.1 Å². The molecule has 5 nitrogen and oxygen atoms in total. The molecule has 1 unspecified atom stereocenters. The molecule has 0 aliphatic carbocycles. The number of fused-ring (bicyclic) bond motifs is 4. The summed E-state index contributed by atoms with van der Waals surface area (Å²) in [5, 5.41) is 0.575. The summed E-state index contributed by atoms with van der Waals surface area (Å²) in [6.07, 6.45) is -0.691. The summed E-state index contributed by atoms with van der Waals surface area (Å²) in [5.41, 5.74) is 0.534. The fourth-order valence-corrected chi connectivity index (χ4v) is 5.07. The number of nitrogens with zero attached hydrogens (tertiary/aromatic N) is 2. The van der Waals surface area contributed by atoms with Gasteiger partial charge in [-0.2, -0.15) is 13.2 Å². The Morgan fingerprint density at radius 3 is 2.71 bits per heavy atom. The third-order valence-electron chi connectivity index (χ3n) is 6.54. The van der Waals surface area contributed by atoms with Crippen LogP contribution in [0, 0.1) is 0 Å². The lowest BCUT2D eigenvalue weighted by Gasteiger charge is -2.39. The number of benzene rings is 2. The molecule has 1 saturated heterocycles. The molecule has 34 heavy (non-hydrogen) atoms. The number of aromatic nitrogens is 1. The Morgan fingerprint density at radius 2 is 1.94 bits per heavy atom. The second-order valence-electron chi connectivity index (χ2n) is 8.53. The van der Waals surface area contributed by atoms with Gasteiger partial charge < -0.3 is 18.9 Å². The van der Waals surface area contributed by atoms with Crippen molar-refractivity contribution >= 4 is 17.5 Å². The number of likely N-dealkylation sites (tertiary alicyclic amines) is 1. The van der Waals surface area contributed by atoms with E-state index >= 15 is 0 Å². The third kappa shape index (κ3) is 3.79. The standard InChI is InChI=1S/C25H22ClF3N2O3/c1-33-20-14-16(5-7-18(20)25(27,28)29)23(32)30-11-3-9-24(10-13-30)22-4-2-12-31(22)19-8-6-17(26)15-21(19)34-24/h2,4-8,12,14-15H,3,9-11,13H2,1H3. The maximum Gasteiger partial charge on any atom is 0.419 e. The van der Waals surface area contributed by atoms with Gasteiger partial charge in [-0.3, -0.25) is 4.79 Å². The number of hydrogen-bond acceptors (Lipinski definition) is 3. The number of carbonyl (C=O) groups excluding carboxylic acids is 1. The van der Waals surface area contributed by atoms with Crippen LogP contribution in [0.1, 0.15) is 40.9 Å². The molecule has 0 bridgehead atoms. The summed E-state index contributed by atoms with van der Waals surface area (Å²) >= 11 is 6.21. The van der Waals surface area contributed by atoms with E-state index in [2.05, 4.69) is 4.57 Å². The fourth-order valence-electron chi connectivity index (χ4n) is 4.90. The van der Waals surface area contributed by atoms with Crippen LogP contribution >= 0.6 is 11.6 Å². The van der Waals surface area contributed by atoms with E-state index in [0.717, 1.165) is 30.6 Å². The van der Waals surface area contributed by atoms with Crippen molar-refractivity contribution < 1.29 is 27.4 Å². The maximum absolute atomic E-state index is 13.2. The average molecular weight is 491 g/mol.